The van der Waals surface area contributed by atoms with Gasteiger partial charge in [0.05, 0.1) is 36.6 Å². The van der Waals surface area contributed by atoms with Crippen LogP contribution in [0.25, 0.3) is 16.6 Å². The van der Waals surface area contributed by atoms with Crippen molar-refractivity contribution in [2.24, 2.45) is 0 Å². The highest BCUT2D eigenvalue weighted by Crippen LogP contribution is 2.30. The second-order valence-corrected chi connectivity index (χ2v) is 7.77. The van der Waals surface area contributed by atoms with Gasteiger partial charge in [-0.25, -0.2) is 9.97 Å². The van der Waals surface area contributed by atoms with Crippen LogP contribution in [0.1, 0.15) is 17.0 Å². The normalized spacial score (nSPS) is 11.1. The van der Waals surface area contributed by atoms with Gasteiger partial charge in [0.2, 0.25) is 0 Å². The Kier molecular flexibility index (Phi) is 5.50. The molecule has 0 unspecified atom stereocenters. The van der Waals surface area contributed by atoms with Gasteiger partial charge in [0, 0.05) is 18.5 Å². The molecule has 0 radical (unpaired) electrons. The molecule has 2 aromatic heterocycles. The van der Waals surface area contributed by atoms with Gasteiger partial charge in [-0.05, 0) is 37.1 Å². The predicted octanol–water partition coefficient (Wildman–Crippen LogP) is 4.04. The quantitative estimate of drug-likeness (QED) is 0.473. The van der Waals surface area contributed by atoms with Crippen LogP contribution in [0.3, 0.4) is 0 Å². The van der Waals surface area contributed by atoms with Crippen molar-refractivity contribution in [1.82, 2.24) is 19.5 Å². The molecule has 7 nitrogen and oxygen atoms in total. The molecule has 2 heterocycles. The fourth-order valence-corrected chi connectivity index (χ4v) is 4.13. The van der Waals surface area contributed by atoms with Gasteiger partial charge < -0.3 is 14.5 Å². The minimum absolute atomic E-state index is 0.213. The van der Waals surface area contributed by atoms with Crippen molar-refractivity contribution < 1.29 is 9.47 Å². The third-order valence-electron chi connectivity index (χ3n) is 5.04. The molecule has 4 rings (SSSR count). The lowest BCUT2D eigenvalue weighted by molar-refractivity contribution is 0.355. The minimum Gasteiger partial charge on any atom is -0.493 e. The van der Waals surface area contributed by atoms with Crippen LogP contribution in [0.2, 0.25) is 0 Å². The first-order chi connectivity index (χ1) is 14.5. The SMILES string of the molecule is COc1cc2nc(CSc3nccn3-c3cccc(C)c3C)[nH]c(=O)c2cc1OC. The molecule has 0 aliphatic heterocycles. The van der Waals surface area contributed by atoms with E-state index in [9.17, 15) is 4.79 Å². The molecule has 0 saturated carbocycles. The molecule has 8 heteroatoms. The van der Waals surface area contributed by atoms with Crippen molar-refractivity contribution >= 4 is 22.7 Å². The van der Waals surface area contributed by atoms with Gasteiger partial charge >= 0.3 is 0 Å². The van der Waals surface area contributed by atoms with E-state index in [4.69, 9.17) is 9.47 Å². The van der Waals surface area contributed by atoms with Crippen LogP contribution in [0, 0.1) is 13.8 Å². The Hall–Kier alpha value is -3.26. The van der Waals surface area contributed by atoms with Gasteiger partial charge in [0.1, 0.15) is 5.82 Å². The van der Waals surface area contributed by atoms with Gasteiger partial charge in [0.15, 0.2) is 16.7 Å². The fraction of sp³-hybridized carbons (Fsp3) is 0.227. The Balaban J connectivity index is 1.64. The lowest BCUT2D eigenvalue weighted by Crippen LogP contribution is -2.12. The summed E-state index contributed by atoms with van der Waals surface area (Å²) in [6.45, 7) is 4.19. The van der Waals surface area contributed by atoms with Crippen LogP contribution in [-0.2, 0) is 5.75 Å². The number of aromatic amines is 1. The van der Waals surface area contributed by atoms with Gasteiger partial charge in [-0.2, -0.15) is 0 Å². The Morgan fingerprint density at radius 2 is 1.90 bits per heavy atom. The first kappa shape index (κ1) is 20.0. The smallest absolute Gasteiger partial charge is 0.258 e. The summed E-state index contributed by atoms with van der Waals surface area (Å²) in [7, 11) is 3.09. The number of aryl methyl sites for hydroxylation is 1. The summed E-state index contributed by atoms with van der Waals surface area (Å²) >= 11 is 1.51. The van der Waals surface area contributed by atoms with Gasteiger partial charge in [-0.1, -0.05) is 23.9 Å². The number of thioether (sulfide) groups is 1. The largest absolute Gasteiger partial charge is 0.493 e. The van der Waals surface area contributed by atoms with E-state index in [1.807, 2.05) is 12.3 Å². The summed E-state index contributed by atoms with van der Waals surface area (Å²) < 4.78 is 12.7. The molecule has 0 spiro atoms. The molecule has 0 amide bonds. The molecular formula is C22H22N4O3S. The van der Waals surface area contributed by atoms with E-state index in [0.717, 1.165) is 10.8 Å². The summed E-state index contributed by atoms with van der Waals surface area (Å²) in [5.41, 5.74) is 3.86. The second kappa shape index (κ2) is 8.23. The predicted molar refractivity (Wildman–Crippen MR) is 118 cm³/mol. The van der Waals surface area contributed by atoms with Crippen LogP contribution in [0.5, 0.6) is 11.5 Å². The molecule has 0 atom stereocenters. The van der Waals surface area contributed by atoms with Crippen molar-refractivity contribution in [3.8, 4) is 17.2 Å². The van der Waals surface area contributed by atoms with E-state index < -0.39 is 0 Å². The molecular weight excluding hydrogens is 400 g/mol. The van der Waals surface area contributed by atoms with E-state index in [1.165, 1.54) is 30.0 Å². The number of methoxy groups -OCH3 is 2. The zero-order valence-electron chi connectivity index (χ0n) is 17.2. The van der Waals surface area contributed by atoms with Gasteiger partial charge in [-0.15, -0.1) is 0 Å². The van der Waals surface area contributed by atoms with Crippen molar-refractivity contribution in [2.45, 2.75) is 24.8 Å². The first-order valence-electron chi connectivity index (χ1n) is 9.39. The van der Waals surface area contributed by atoms with E-state index in [1.54, 1.807) is 25.4 Å². The van der Waals surface area contributed by atoms with Crippen LogP contribution in [0.4, 0.5) is 0 Å². The van der Waals surface area contributed by atoms with E-state index in [2.05, 4.69) is 45.5 Å². The molecule has 0 aliphatic carbocycles. The second-order valence-electron chi connectivity index (χ2n) is 6.82. The maximum absolute atomic E-state index is 12.6. The third-order valence-corrected chi connectivity index (χ3v) is 6.02. The minimum atomic E-state index is -0.213. The number of aromatic nitrogens is 4. The highest BCUT2D eigenvalue weighted by atomic mass is 32.2. The molecule has 30 heavy (non-hydrogen) atoms. The van der Waals surface area contributed by atoms with Crippen molar-refractivity contribution in [1.29, 1.82) is 0 Å². The topological polar surface area (TPSA) is 82.0 Å². The zero-order chi connectivity index (χ0) is 21.3. The van der Waals surface area contributed by atoms with Crippen molar-refractivity contribution in [2.75, 3.05) is 14.2 Å². The number of H-pyrrole nitrogens is 1. The first-order valence-corrected chi connectivity index (χ1v) is 10.4. The maximum atomic E-state index is 12.6. The molecule has 0 saturated heterocycles. The number of fused-ring (bicyclic) bond motifs is 1. The highest BCUT2D eigenvalue weighted by molar-refractivity contribution is 7.98. The highest BCUT2D eigenvalue weighted by Gasteiger charge is 2.13. The van der Waals surface area contributed by atoms with Crippen molar-refractivity contribution in [3.05, 3.63) is 70.0 Å². The number of rotatable bonds is 6. The summed E-state index contributed by atoms with van der Waals surface area (Å²) in [5, 5.41) is 1.29. The molecule has 2 aromatic carbocycles. The molecule has 1 N–H and O–H groups in total. The number of ether oxygens (including phenoxy) is 2. The Labute approximate surface area is 178 Å². The number of nitrogens with one attached hydrogen (secondary N) is 1. The summed E-state index contributed by atoms with van der Waals surface area (Å²) in [4.78, 5) is 24.5. The monoisotopic (exact) mass is 422 g/mol. The maximum Gasteiger partial charge on any atom is 0.258 e. The summed E-state index contributed by atoms with van der Waals surface area (Å²) in [6, 6.07) is 9.56. The molecule has 0 fully saturated rings. The van der Waals surface area contributed by atoms with E-state index >= 15 is 0 Å². The van der Waals surface area contributed by atoms with Crippen molar-refractivity contribution in [3.63, 3.8) is 0 Å². The number of nitrogens with zero attached hydrogens (tertiary/aromatic N) is 3. The van der Waals surface area contributed by atoms with Crippen LogP contribution >= 0.6 is 11.8 Å². The zero-order valence-corrected chi connectivity index (χ0v) is 18.0. The lowest BCUT2D eigenvalue weighted by Gasteiger charge is -2.12. The average Bonchev–Trinajstić information content (AvgIpc) is 3.21. The molecule has 0 aliphatic rings. The fourth-order valence-electron chi connectivity index (χ4n) is 3.29. The van der Waals surface area contributed by atoms with Crippen LogP contribution < -0.4 is 15.0 Å². The molecule has 154 valence electrons. The van der Waals surface area contributed by atoms with E-state index in [0.29, 0.717) is 34.0 Å². The Morgan fingerprint density at radius 3 is 2.67 bits per heavy atom. The summed E-state index contributed by atoms with van der Waals surface area (Å²) in [5.74, 6) is 2.07. The molecule has 4 aromatic rings. The molecule has 0 bridgehead atoms. The van der Waals surface area contributed by atoms with E-state index in [-0.39, 0.29) is 5.56 Å². The summed E-state index contributed by atoms with van der Waals surface area (Å²) in [6.07, 6.45) is 3.72. The van der Waals surface area contributed by atoms with Gasteiger partial charge in [-0.3, -0.25) is 9.36 Å². The lowest BCUT2D eigenvalue weighted by atomic mass is 10.1. The third kappa shape index (κ3) is 3.66. The van der Waals surface area contributed by atoms with Crippen LogP contribution in [-0.4, -0.2) is 33.7 Å². The number of hydrogen-bond donors (Lipinski definition) is 1. The standard InChI is InChI=1S/C22H22N4O3S/c1-13-6-5-7-17(14(13)2)26-9-8-23-22(26)30-12-20-24-16-11-19(29-4)18(28-3)10-15(16)21(27)25-20/h5-11H,12H2,1-4H3,(H,24,25,27). The number of hydrogen-bond acceptors (Lipinski definition) is 6. The number of benzene rings is 2. The van der Waals surface area contributed by atoms with Crippen LogP contribution in [0.15, 0.2) is 52.7 Å². The Morgan fingerprint density at radius 1 is 1.13 bits per heavy atom. The Bertz CT molecular complexity index is 1280. The number of imidazole rings is 1. The van der Waals surface area contributed by atoms with Gasteiger partial charge in [0.25, 0.3) is 5.56 Å². The average molecular weight is 423 g/mol.